The van der Waals surface area contributed by atoms with Crippen LogP contribution in [0.1, 0.15) is 18.1 Å². The average Bonchev–Trinajstić information content (AvgIpc) is 2.55. The monoisotopic (exact) mass is 371 g/mol. The van der Waals surface area contributed by atoms with Crippen LogP contribution in [0.4, 0.5) is 11.4 Å². The number of benzene rings is 2. The Bertz CT molecular complexity index is 931. The number of amides is 1. The van der Waals surface area contributed by atoms with Gasteiger partial charge >= 0.3 is 0 Å². The summed E-state index contributed by atoms with van der Waals surface area (Å²) in [6.45, 7) is 3.40. The Morgan fingerprint density at radius 3 is 2.42 bits per heavy atom. The Hall–Kier alpha value is -2.85. The van der Waals surface area contributed by atoms with Crippen LogP contribution in [0.15, 0.2) is 48.5 Å². The van der Waals surface area contributed by atoms with E-state index in [1.165, 1.54) is 0 Å². The summed E-state index contributed by atoms with van der Waals surface area (Å²) in [7, 11) is -3.65. The molecule has 0 spiro atoms. The van der Waals surface area contributed by atoms with E-state index >= 15 is 0 Å². The predicted octanol–water partition coefficient (Wildman–Crippen LogP) is 2.85. The van der Waals surface area contributed by atoms with Gasteiger partial charge in [0.25, 0.3) is 0 Å². The highest BCUT2D eigenvalue weighted by atomic mass is 32.2. The lowest BCUT2D eigenvalue weighted by Crippen LogP contribution is -2.45. The molecule has 2 aromatic carbocycles. The number of nitrogens with one attached hydrogen (secondary N) is 1. The molecule has 7 heteroatoms. The van der Waals surface area contributed by atoms with Gasteiger partial charge in [0.15, 0.2) is 0 Å². The van der Waals surface area contributed by atoms with Gasteiger partial charge < -0.3 is 5.32 Å². The third-order valence-electron chi connectivity index (χ3n) is 3.85. The largest absolute Gasteiger partial charge is 0.324 e. The van der Waals surface area contributed by atoms with E-state index in [0.717, 1.165) is 21.7 Å². The van der Waals surface area contributed by atoms with Gasteiger partial charge in [-0.3, -0.25) is 9.10 Å². The molecule has 0 saturated heterocycles. The molecule has 0 radical (unpaired) electrons. The molecule has 26 heavy (non-hydrogen) atoms. The van der Waals surface area contributed by atoms with Gasteiger partial charge in [0, 0.05) is 5.69 Å². The van der Waals surface area contributed by atoms with Crippen molar-refractivity contribution < 1.29 is 13.2 Å². The van der Waals surface area contributed by atoms with Crippen molar-refractivity contribution in [3.63, 3.8) is 0 Å². The number of hydrogen-bond donors (Lipinski definition) is 1. The van der Waals surface area contributed by atoms with Crippen LogP contribution >= 0.6 is 0 Å². The van der Waals surface area contributed by atoms with Crippen LogP contribution < -0.4 is 9.62 Å². The van der Waals surface area contributed by atoms with Crippen LogP contribution in [0, 0.1) is 18.3 Å². The predicted molar refractivity (Wildman–Crippen MR) is 102 cm³/mol. The molecule has 0 saturated carbocycles. The van der Waals surface area contributed by atoms with E-state index in [9.17, 15) is 13.2 Å². The molecule has 6 nitrogen and oxygen atoms in total. The Morgan fingerprint density at radius 2 is 1.88 bits per heavy atom. The average molecular weight is 371 g/mol. The lowest BCUT2D eigenvalue weighted by Gasteiger charge is -2.28. The molecule has 0 unspecified atom stereocenters. The van der Waals surface area contributed by atoms with Gasteiger partial charge in [0.1, 0.15) is 6.04 Å². The number of rotatable bonds is 6. The normalized spacial score (nSPS) is 12.1. The van der Waals surface area contributed by atoms with E-state index < -0.39 is 22.0 Å². The summed E-state index contributed by atoms with van der Waals surface area (Å²) in [6, 6.07) is 15.0. The van der Waals surface area contributed by atoms with E-state index in [0.29, 0.717) is 17.8 Å². The minimum atomic E-state index is -3.65. The maximum absolute atomic E-state index is 12.6. The Morgan fingerprint density at radius 1 is 1.23 bits per heavy atom. The van der Waals surface area contributed by atoms with Crippen molar-refractivity contribution in [3.05, 3.63) is 59.7 Å². The fourth-order valence-corrected chi connectivity index (χ4v) is 3.78. The van der Waals surface area contributed by atoms with Crippen LogP contribution in [0.2, 0.25) is 0 Å². The zero-order chi connectivity index (χ0) is 19.3. The number of anilines is 2. The van der Waals surface area contributed by atoms with E-state index in [1.54, 1.807) is 49.4 Å². The molecule has 0 aromatic heterocycles. The van der Waals surface area contributed by atoms with Crippen molar-refractivity contribution in [2.24, 2.45) is 0 Å². The molecule has 1 atom stereocenters. The van der Waals surface area contributed by atoms with Crippen molar-refractivity contribution in [3.8, 4) is 6.07 Å². The first-order valence-electron chi connectivity index (χ1n) is 8.05. The maximum Gasteiger partial charge on any atom is 0.247 e. The van der Waals surface area contributed by atoms with Gasteiger partial charge in [0.05, 0.1) is 24.4 Å². The summed E-state index contributed by atoms with van der Waals surface area (Å²) in [5.74, 6) is -0.440. The van der Waals surface area contributed by atoms with Crippen LogP contribution in [0.5, 0.6) is 0 Å². The molecule has 0 aliphatic carbocycles. The third kappa shape index (κ3) is 4.83. The molecule has 2 rings (SSSR count). The Kier molecular flexibility index (Phi) is 6.01. The van der Waals surface area contributed by atoms with Crippen molar-refractivity contribution in [1.29, 1.82) is 5.26 Å². The molecule has 136 valence electrons. The topological polar surface area (TPSA) is 90.3 Å². The highest BCUT2D eigenvalue weighted by Crippen LogP contribution is 2.22. The Balaban J connectivity index is 2.24. The number of carbonyl (C=O) groups excluding carboxylic acids is 1. The highest BCUT2D eigenvalue weighted by Gasteiger charge is 2.29. The fraction of sp³-hybridized carbons (Fsp3) is 0.263. The zero-order valence-electron chi connectivity index (χ0n) is 14.9. The zero-order valence-corrected chi connectivity index (χ0v) is 15.7. The van der Waals surface area contributed by atoms with E-state index in [1.807, 2.05) is 13.0 Å². The van der Waals surface area contributed by atoms with E-state index in [2.05, 4.69) is 11.4 Å². The second kappa shape index (κ2) is 8.02. The second-order valence-corrected chi connectivity index (χ2v) is 7.95. The van der Waals surface area contributed by atoms with Crippen LogP contribution in [-0.2, 0) is 21.2 Å². The lowest BCUT2D eigenvalue weighted by atomic mass is 10.1. The summed E-state index contributed by atoms with van der Waals surface area (Å²) in [5.41, 5.74) is 2.73. The van der Waals surface area contributed by atoms with E-state index in [4.69, 9.17) is 5.26 Å². The second-order valence-electron chi connectivity index (χ2n) is 6.09. The first kappa shape index (κ1) is 19.5. The number of nitriles is 1. The van der Waals surface area contributed by atoms with Crippen molar-refractivity contribution in [2.75, 3.05) is 15.9 Å². The van der Waals surface area contributed by atoms with Crippen LogP contribution in [0.3, 0.4) is 0 Å². The first-order valence-corrected chi connectivity index (χ1v) is 9.90. The molecule has 0 heterocycles. The summed E-state index contributed by atoms with van der Waals surface area (Å²) >= 11 is 0. The van der Waals surface area contributed by atoms with Gasteiger partial charge in [-0.25, -0.2) is 8.42 Å². The van der Waals surface area contributed by atoms with Crippen molar-refractivity contribution in [1.82, 2.24) is 0 Å². The number of aryl methyl sites for hydroxylation is 1. The van der Waals surface area contributed by atoms with Crippen LogP contribution in [0.25, 0.3) is 0 Å². The molecule has 2 aromatic rings. The quantitative estimate of drug-likeness (QED) is 0.845. The summed E-state index contributed by atoms with van der Waals surface area (Å²) < 4.78 is 25.7. The lowest BCUT2D eigenvalue weighted by molar-refractivity contribution is -0.116. The van der Waals surface area contributed by atoms with Gasteiger partial charge in [0.2, 0.25) is 15.9 Å². The molecule has 0 fully saturated rings. The third-order valence-corrected chi connectivity index (χ3v) is 5.09. The van der Waals surface area contributed by atoms with Crippen molar-refractivity contribution >= 4 is 27.3 Å². The molecule has 0 bridgehead atoms. The molecule has 0 aliphatic heterocycles. The minimum absolute atomic E-state index is 0.292. The number of sulfonamides is 1. The number of nitrogens with zero attached hydrogens (tertiary/aromatic N) is 2. The van der Waals surface area contributed by atoms with Gasteiger partial charge in [-0.1, -0.05) is 24.3 Å². The smallest absolute Gasteiger partial charge is 0.247 e. The molecular formula is C19H21N3O3S. The standard InChI is InChI=1S/C19H21N3O3S/c1-14-5-4-6-18(13-14)22(26(3,24)25)15(2)19(23)21-17-9-7-16(8-10-17)11-12-20/h4-10,13,15H,11H2,1-3H3,(H,21,23)/t15-/m0/s1. The Labute approximate surface area is 154 Å². The molecule has 1 amide bonds. The minimum Gasteiger partial charge on any atom is -0.324 e. The summed E-state index contributed by atoms with van der Waals surface area (Å²) in [4.78, 5) is 12.6. The molecule has 1 N–H and O–H groups in total. The molecular weight excluding hydrogens is 350 g/mol. The van der Waals surface area contributed by atoms with Crippen molar-refractivity contribution in [2.45, 2.75) is 26.3 Å². The first-order chi connectivity index (χ1) is 12.2. The van der Waals surface area contributed by atoms with Crippen LogP contribution in [-0.4, -0.2) is 26.6 Å². The van der Waals surface area contributed by atoms with Gasteiger partial charge in [-0.2, -0.15) is 5.26 Å². The maximum atomic E-state index is 12.6. The number of carbonyl (C=O) groups is 1. The number of hydrogen-bond acceptors (Lipinski definition) is 4. The molecule has 0 aliphatic rings. The van der Waals surface area contributed by atoms with Gasteiger partial charge in [-0.05, 0) is 49.2 Å². The fourth-order valence-electron chi connectivity index (χ4n) is 2.62. The summed E-state index contributed by atoms with van der Waals surface area (Å²) in [6.07, 6.45) is 1.37. The van der Waals surface area contributed by atoms with E-state index in [-0.39, 0.29) is 0 Å². The summed E-state index contributed by atoms with van der Waals surface area (Å²) in [5, 5.41) is 11.4. The SMILES string of the molecule is Cc1cccc(N([C@@H](C)C(=O)Nc2ccc(CC#N)cc2)S(C)(=O)=O)c1. The highest BCUT2D eigenvalue weighted by molar-refractivity contribution is 7.92. The van der Waals surface area contributed by atoms with Gasteiger partial charge in [-0.15, -0.1) is 0 Å².